The Morgan fingerprint density at radius 3 is 2.64 bits per heavy atom. The summed E-state index contributed by atoms with van der Waals surface area (Å²) in [5, 5.41) is 0. The van der Waals surface area contributed by atoms with Crippen molar-refractivity contribution in [2.75, 3.05) is 20.0 Å². The number of methoxy groups -OCH3 is 1. The van der Waals surface area contributed by atoms with E-state index in [0.717, 1.165) is 4.90 Å². The molecular weight excluding hydrogens is 348 g/mol. The van der Waals surface area contributed by atoms with E-state index < -0.39 is 24.4 Å². The van der Waals surface area contributed by atoms with Crippen molar-refractivity contribution in [2.45, 2.75) is 4.90 Å². The summed E-state index contributed by atoms with van der Waals surface area (Å²) in [6.45, 7) is -0.565. The van der Waals surface area contributed by atoms with Gasteiger partial charge in [0.2, 0.25) is 0 Å². The number of carbonyl (C=O) groups is 3. The summed E-state index contributed by atoms with van der Waals surface area (Å²) in [6, 6.07) is 7.97. The quantitative estimate of drug-likeness (QED) is 0.456. The van der Waals surface area contributed by atoms with Crippen molar-refractivity contribution in [1.82, 2.24) is 10.9 Å². The highest BCUT2D eigenvalue weighted by Gasteiger charge is 2.16. The maximum atomic E-state index is 12.1. The summed E-state index contributed by atoms with van der Waals surface area (Å²) >= 11 is 1.50. The maximum absolute atomic E-state index is 12.1. The molecule has 0 atom stereocenters. The monoisotopic (exact) mass is 364 g/mol. The lowest BCUT2D eigenvalue weighted by Gasteiger charge is -2.10. The summed E-state index contributed by atoms with van der Waals surface area (Å²) in [7, 11) is 1.44. The Balaban J connectivity index is 1.85. The molecule has 2 N–H and O–H groups in total. The van der Waals surface area contributed by atoms with E-state index in [4.69, 9.17) is 13.9 Å². The molecule has 2 rings (SSSR count). The van der Waals surface area contributed by atoms with Gasteiger partial charge in [0, 0.05) is 4.90 Å². The molecule has 1 aromatic carbocycles. The van der Waals surface area contributed by atoms with Gasteiger partial charge in [-0.1, -0.05) is 0 Å². The van der Waals surface area contributed by atoms with Gasteiger partial charge in [0.25, 0.3) is 5.91 Å². The van der Waals surface area contributed by atoms with Gasteiger partial charge in [-0.25, -0.2) is 4.79 Å². The Morgan fingerprint density at radius 2 is 2.00 bits per heavy atom. The Bertz CT molecular complexity index is 760. The first-order valence-electron chi connectivity index (χ1n) is 7.07. The van der Waals surface area contributed by atoms with E-state index in [1.165, 1.54) is 37.3 Å². The van der Waals surface area contributed by atoms with Crippen molar-refractivity contribution in [2.24, 2.45) is 0 Å². The van der Waals surface area contributed by atoms with Crippen molar-refractivity contribution in [3.8, 4) is 5.75 Å². The topological polar surface area (TPSA) is 107 Å². The molecular formula is C16H16N2O6S. The minimum Gasteiger partial charge on any atom is -0.496 e. The summed E-state index contributed by atoms with van der Waals surface area (Å²) in [4.78, 5) is 36.2. The zero-order valence-corrected chi connectivity index (χ0v) is 14.3. The third-order valence-electron chi connectivity index (χ3n) is 3.02. The molecule has 8 nitrogen and oxygen atoms in total. The molecule has 25 heavy (non-hydrogen) atoms. The van der Waals surface area contributed by atoms with Gasteiger partial charge in [0.05, 0.1) is 13.4 Å². The normalized spacial score (nSPS) is 10.0. The Kier molecular flexibility index (Phi) is 6.47. The smallest absolute Gasteiger partial charge is 0.342 e. The van der Waals surface area contributed by atoms with Gasteiger partial charge in [-0.15, -0.1) is 11.8 Å². The van der Waals surface area contributed by atoms with Crippen molar-refractivity contribution >= 4 is 29.5 Å². The minimum absolute atomic E-state index is 0.0379. The van der Waals surface area contributed by atoms with Crippen LogP contribution in [-0.2, 0) is 9.53 Å². The van der Waals surface area contributed by atoms with Gasteiger partial charge in [-0.05, 0) is 36.6 Å². The molecule has 0 fully saturated rings. The molecule has 0 saturated heterocycles. The Morgan fingerprint density at radius 1 is 1.20 bits per heavy atom. The highest BCUT2D eigenvalue weighted by Crippen LogP contribution is 2.25. The zero-order valence-electron chi connectivity index (χ0n) is 13.5. The van der Waals surface area contributed by atoms with Gasteiger partial charge >= 0.3 is 11.9 Å². The van der Waals surface area contributed by atoms with E-state index in [-0.39, 0.29) is 11.3 Å². The Hall–Kier alpha value is -2.94. The van der Waals surface area contributed by atoms with Crippen LogP contribution in [0.15, 0.2) is 45.9 Å². The van der Waals surface area contributed by atoms with Crippen LogP contribution >= 0.6 is 11.8 Å². The van der Waals surface area contributed by atoms with E-state index in [2.05, 4.69) is 10.9 Å². The van der Waals surface area contributed by atoms with E-state index in [1.807, 2.05) is 6.26 Å². The van der Waals surface area contributed by atoms with Gasteiger partial charge in [0.15, 0.2) is 12.4 Å². The molecule has 0 unspecified atom stereocenters. The molecule has 132 valence electrons. The van der Waals surface area contributed by atoms with Crippen molar-refractivity contribution in [3.63, 3.8) is 0 Å². The average Bonchev–Trinajstić information content (AvgIpc) is 3.18. The van der Waals surface area contributed by atoms with Gasteiger partial charge in [-0.3, -0.25) is 20.4 Å². The van der Waals surface area contributed by atoms with Crippen molar-refractivity contribution < 1.29 is 28.3 Å². The Labute approximate surface area is 147 Å². The number of esters is 1. The summed E-state index contributed by atoms with van der Waals surface area (Å²) in [6.07, 6.45) is 3.22. The molecule has 9 heteroatoms. The predicted octanol–water partition coefficient (Wildman–Crippen LogP) is 1.63. The number of amides is 2. The number of rotatable bonds is 6. The standard InChI is InChI=1S/C16H16N2O6S/c1-22-13-8-10(25-2)5-6-11(13)16(21)24-9-14(19)17-18-15(20)12-4-3-7-23-12/h3-8H,9H2,1-2H3,(H,17,19)(H,18,20). The number of hydrogen-bond donors (Lipinski definition) is 2. The fourth-order valence-electron chi connectivity index (χ4n) is 1.81. The number of ether oxygens (including phenoxy) is 2. The first-order valence-corrected chi connectivity index (χ1v) is 8.29. The van der Waals surface area contributed by atoms with Crippen LogP contribution in [0.3, 0.4) is 0 Å². The molecule has 1 aromatic heterocycles. The SMILES string of the molecule is COc1cc(SC)ccc1C(=O)OCC(=O)NNC(=O)c1ccco1. The van der Waals surface area contributed by atoms with E-state index in [1.54, 1.807) is 18.2 Å². The predicted molar refractivity (Wildman–Crippen MR) is 89.4 cm³/mol. The first kappa shape index (κ1) is 18.4. The average molecular weight is 364 g/mol. The summed E-state index contributed by atoms with van der Waals surface area (Å²) in [5.41, 5.74) is 4.45. The molecule has 2 aromatic rings. The largest absolute Gasteiger partial charge is 0.496 e. The second kappa shape index (κ2) is 8.78. The number of hydrazine groups is 1. The van der Waals surface area contributed by atoms with Crippen LogP contribution in [0.25, 0.3) is 0 Å². The molecule has 0 aliphatic rings. The first-order chi connectivity index (χ1) is 12.0. The van der Waals surface area contributed by atoms with Crippen LogP contribution in [-0.4, -0.2) is 37.8 Å². The van der Waals surface area contributed by atoms with Crippen LogP contribution in [0.4, 0.5) is 0 Å². The van der Waals surface area contributed by atoms with Crippen molar-refractivity contribution in [3.05, 3.63) is 47.9 Å². The third-order valence-corrected chi connectivity index (χ3v) is 3.75. The minimum atomic E-state index is -0.711. The number of thioether (sulfide) groups is 1. The lowest BCUT2D eigenvalue weighted by atomic mass is 10.2. The highest BCUT2D eigenvalue weighted by atomic mass is 32.2. The second-order valence-corrected chi connectivity index (χ2v) is 5.50. The van der Waals surface area contributed by atoms with Gasteiger partial charge < -0.3 is 13.9 Å². The second-order valence-electron chi connectivity index (χ2n) is 4.62. The number of nitrogens with one attached hydrogen (secondary N) is 2. The van der Waals surface area contributed by atoms with Crippen LogP contribution < -0.4 is 15.6 Å². The van der Waals surface area contributed by atoms with Crippen LogP contribution in [0.1, 0.15) is 20.9 Å². The van der Waals surface area contributed by atoms with E-state index >= 15 is 0 Å². The molecule has 1 heterocycles. The summed E-state index contributed by atoms with van der Waals surface area (Å²) < 4.78 is 14.9. The third kappa shape index (κ3) is 5.01. The number of furan rings is 1. The highest BCUT2D eigenvalue weighted by molar-refractivity contribution is 7.98. The molecule has 0 bridgehead atoms. The van der Waals surface area contributed by atoms with Crippen LogP contribution in [0.5, 0.6) is 5.75 Å². The maximum Gasteiger partial charge on any atom is 0.342 e. The van der Waals surface area contributed by atoms with Crippen LogP contribution in [0, 0.1) is 0 Å². The fraction of sp³-hybridized carbons (Fsp3) is 0.188. The summed E-state index contributed by atoms with van der Waals surface area (Å²) in [5.74, 6) is -1.65. The molecule has 2 amide bonds. The lowest BCUT2D eigenvalue weighted by Crippen LogP contribution is -2.43. The molecule has 0 aliphatic heterocycles. The van der Waals surface area contributed by atoms with E-state index in [9.17, 15) is 14.4 Å². The van der Waals surface area contributed by atoms with Crippen molar-refractivity contribution in [1.29, 1.82) is 0 Å². The van der Waals surface area contributed by atoms with Crippen LogP contribution in [0.2, 0.25) is 0 Å². The zero-order chi connectivity index (χ0) is 18.2. The molecule has 0 radical (unpaired) electrons. The number of benzene rings is 1. The van der Waals surface area contributed by atoms with Gasteiger partial charge in [-0.2, -0.15) is 0 Å². The number of carbonyl (C=O) groups excluding carboxylic acids is 3. The molecule has 0 aliphatic carbocycles. The lowest BCUT2D eigenvalue weighted by molar-refractivity contribution is -0.125. The molecule has 0 spiro atoms. The van der Waals surface area contributed by atoms with E-state index in [0.29, 0.717) is 5.75 Å². The fourth-order valence-corrected chi connectivity index (χ4v) is 2.24. The number of hydrogen-bond acceptors (Lipinski definition) is 7. The molecule has 0 saturated carbocycles. The van der Waals surface area contributed by atoms with Gasteiger partial charge in [0.1, 0.15) is 11.3 Å².